The number of aromatic hydroxyl groups is 1. The molecule has 4 aromatic rings. The molecule has 180 valence electrons. The highest BCUT2D eigenvalue weighted by Crippen LogP contribution is 2.44. The van der Waals surface area contributed by atoms with Crippen LogP contribution < -0.4 is 15.0 Å². The largest absolute Gasteiger partial charge is 0.506 e. The van der Waals surface area contributed by atoms with E-state index in [1.165, 1.54) is 31.4 Å². The average Bonchev–Trinajstić information content (AvgIpc) is 2.85. The third kappa shape index (κ3) is 3.65. The van der Waals surface area contributed by atoms with Crippen LogP contribution in [0.15, 0.2) is 60.7 Å². The topological polar surface area (TPSA) is 122 Å². The van der Waals surface area contributed by atoms with E-state index in [0.29, 0.717) is 16.8 Å². The maximum Gasteiger partial charge on any atom is 0.294 e. The zero-order valence-electron chi connectivity index (χ0n) is 18.4. The van der Waals surface area contributed by atoms with Gasteiger partial charge in [-0.05, 0) is 42.5 Å². The van der Waals surface area contributed by atoms with Crippen molar-refractivity contribution in [2.75, 3.05) is 17.3 Å². The van der Waals surface area contributed by atoms with Crippen molar-refractivity contribution < 1.29 is 24.4 Å². The summed E-state index contributed by atoms with van der Waals surface area (Å²) in [5.74, 6) is -1.46. The van der Waals surface area contributed by atoms with Crippen LogP contribution in [-0.2, 0) is 0 Å². The monoisotopic (exact) mass is 523 g/mol. The molecule has 0 bridgehead atoms. The normalized spacial score (nSPS) is 12.7. The number of nitrogens with zero attached hydrogens (tertiary/aromatic N) is 2. The smallest absolute Gasteiger partial charge is 0.294 e. The first-order valence-electron chi connectivity index (χ1n) is 10.4. The molecule has 4 aromatic carbocycles. The molecule has 9 nitrogen and oxygen atoms in total. The van der Waals surface area contributed by atoms with E-state index >= 15 is 0 Å². The standard InChI is InChI=1S/C25H15Cl2N3O6/c1-36-21-8-6-13(10-17(21)27)28-23-14-3-2-4-15-22(14)16(11-19(23)30(34)35)25(33)29(24(15)32)18-9-12(26)5-7-20(18)31/h2-11,28,31H,1H3. The lowest BCUT2D eigenvalue weighted by Crippen LogP contribution is -2.40. The van der Waals surface area contributed by atoms with Crippen LogP contribution in [-0.4, -0.2) is 29.0 Å². The van der Waals surface area contributed by atoms with Crippen LogP contribution in [0.4, 0.5) is 22.7 Å². The lowest BCUT2D eigenvalue weighted by atomic mass is 9.91. The van der Waals surface area contributed by atoms with Gasteiger partial charge in [0.2, 0.25) is 0 Å². The molecule has 36 heavy (non-hydrogen) atoms. The molecular weight excluding hydrogens is 509 g/mol. The number of anilines is 3. The molecule has 0 atom stereocenters. The first kappa shape index (κ1) is 23.4. The van der Waals surface area contributed by atoms with E-state index < -0.39 is 16.7 Å². The number of hydrogen-bond acceptors (Lipinski definition) is 7. The van der Waals surface area contributed by atoms with E-state index in [-0.39, 0.29) is 49.4 Å². The van der Waals surface area contributed by atoms with Crippen LogP contribution in [0.3, 0.4) is 0 Å². The lowest BCUT2D eigenvalue weighted by molar-refractivity contribution is -0.383. The van der Waals surface area contributed by atoms with Crippen molar-refractivity contribution in [1.29, 1.82) is 0 Å². The SMILES string of the molecule is COc1ccc(Nc2c([N+](=O)[O-])cc3c4c(cccc24)C(=O)N(c2cc(Cl)ccc2O)C3=O)cc1Cl. The van der Waals surface area contributed by atoms with Crippen molar-refractivity contribution in [3.05, 3.63) is 92.0 Å². The van der Waals surface area contributed by atoms with Gasteiger partial charge in [-0.15, -0.1) is 0 Å². The molecular formula is C25H15Cl2N3O6. The zero-order chi connectivity index (χ0) is 25.7. The van der Waals surface area contributed by atoms with Gasteiger partial charge in [0.1, 0.15) is 17.2 Å². The van der Waals surface area contributed by atoms with Crippen molar-refractivity contribution in [1.82, 2.24) is 0 Å². The number of carbonyl (C=O) groups is 2. The van der Waals surface area contributed by atoms with E-state index in [0.717, 1.165) is 11.0 Å². The number of phenolic OH excluding ortho intramolecular Hbond substituents is 1. The number of halogens is 2. The number of nitro groups is 1. The number of carbonyl (C=O) groups excluding carboxylic acids is 2. The maximum atomic E-state index is 13.5. The molecule has 11 heteroatoms. The Bertz CT molecular complexity index is 1620. The number of amides is 2. The molecule has 2 amide bonds. The van der Waals surface area contributed by atoms with Crippen LogP contribution in [0, 0.1) is 10.1 Å². The van der Waals surface area contributed by atoms with Crippen LogP contribution in [0.5, 0.6) is 11.5 Å². The van der Waals surface area contributed by atoms with Gasteiger partial charge in [0.25, 0.3) is 17.5 Å². The molecule has 0 saturated carbocycles. The van der Waals surface area contributed by atoms with Crippen molar-refractivity contribution in [3.63, 3.8) is 0 Å². The third-order valence-electron chi connectivity index (χ3n) is 5.80. The first-order valence-corrected chi connectivity index (χ1v) is 11.2. The molecule has 0 spiro atoms. The lowest BCUT2D eigenvalue weighted by Gasteiger charge is -2.28. The second-order valence-corrected chi connectivity index (χ2v) is 8.70. The molecule has 0 saturated heterocycles. The van der Waals surface area contributed by atoms with Gasteiger partial charge in [-0.2, -0.15) is 0 Å². The zero-order valence-corrected chi connectivity index (χ0v) is 19.9. The van der Waals surface area contributed by atoms with Crippen molar-refractivity contribution in [2.45, 2.75) is 0 Å². The van der Waals surface area contributed by atoms with Gasteiger partial charge in [0.15, 0.2) is 0 Å². The van der Waals surface area contributed by atoms with Gasteiger partial charge in [0, 0.05) is 33.1 Å². The molecule has 0 fully saturated rings. The molecule has 0 radical (unpaired) electrons. The molecule has 0 aliphatic carbocycles. The predicted octanol–water partition coefficient (Wildman–Crippen LogP) is 6.31. The minimum Gasteiger partial charge on any atom is -0.506 e. The Labute approximate surface area is 213 Å². The summed E-state index contributed by atoms with van der Waals surface area (Å²) in [5.41, 5.74) is 0.0687. The third-order valence-corrected chi connectivity index (χ3v) is 6.33. The van der Waals surface area contributed by atoms with Crippen LogP contribution in [0.2, 0.25) is 10.0 Å². The van der Waals surface area contributed by atoms with Crippen molar-refractivity contribution in [2.24, 2.45) is 0 Å². The predicted molar refractivity (Wildman–Crippen MR) is 136 cm³/mol. The van der Waals surface area contributed by atoms with Crippen LogP contribution in [0.1, 0.15) is 20.7 Å². The average molecular weight is 524 g/mol. The molecule has 2 N–H and O–H groups in total. The quantitative estimate of drug-likeness (QED) is 0.178. The number of methoxy groups -OCH3 is 1. The Hall–Kier alpha value is -4.34. The van der Waals surface area contributed by atoms with Gasteiger partial charge < -0.3 is 15.2 Å². The van der Waals surface area contributed by atoms with Crippen molar-refractivity contribution in [3.8, 4) is 11.5 Å². The Morgan fingerprint density at radius 1 is 1.00 bits per heavy atom. The van der Waals surface area contributed by atoms with E-state index in [1.54, 1.807) is 30.3 Å². The number of rotatable bonds is 5. The molecule has 0 aromatic heterocycles. The number of ether oxygens (including phenoxy) is 1. The number of nitrogens with one attached hydrogen (secondary N) is 1. The summed E-state index contributed by atoms with van der Waals surface area (Å²) in [6.45, 7) is 0. The summed E-state index contributed by atoms with van der Waals surface area (Å²) in [6.07, 6.45) is 0. The molecule has 1 aliphatic heterocycles. The highest BCUT2D eigenvalue weighted by Gasteiger charge is 2.38. The Morgan fingerprint density at radius 3 is 2.44 bits per heavy atom. The number of phenols is 1. The summed E-state index contributed by atoms with van der Waals surface area (Å²) in [6, 6.07) is 14.5. The summed E-state index contributed by atoms with van der Waals surface area (Å²) in [7, 11) is 1.46. The van der Waals surface area contributed by atoms with E-state index in [4.69, 9.17) is 27.9 Å². The van der Waals surface area contributed by atoms with E-state index in [9.17, 15) is 24.8 Å². The second kappa shape index (κ2) is 8.71. The van der Waals surface area contributed by atoms with E-state index in [1.807, 2.05) is 0 Å². The number of imide groups is 1. The summed E-state index contributed by atoms with van der Waals surface area (Å²) >= 11 is 12.2. The summed E-state index contributed by atoms with van der Waals surface area (Å²) in [5, 5.41) is 26.4. The van der Waals surface area contributed by atoms with E-state index in [2.05, 4.69) is 5.32 Å². The second-order valence-electron chi connectivity index (χ2n) is 7.86. The Morgan fingerprint density at radius 2 is 1.75 bits per heavy atom. The molecule has 0 unspecified atom stereocenters. The Kier molecular flexibility index (Phi) is 5.66. The Balaban J connectivity index is 1.73. The van der Waals surface area contributed by atoms with Gasteiger partial charge >= 0.3 is 0 Å². The maximum absolute atomic E-state index is 13.5. The van der Waals surface area contributed by atoms with Crippen molar-refractivity contribution >= 4 is 68.5 Å². The minimum atomic E-state index is -0.830. The fourth-order valence-corrected chi connectivity index (χ4v) is 4.63. The van der Waals surface area contributed by atoms with Crippen LogP contribution >= 0.6 is 23.2 Å². The van der Waals surface area contributed by atoms with Gasteiger partial charge in [-0.1, -0.05) is 35.3 Å². The first-order chi connectivity index (χ1) is 17.2. The van der Waals surface area contributed by atoms with Gasteiger partial charge in [-0.3, -0.25) is 19.7 Å². The fraction of sp³-hybridized carbons (Fsp3) is 0.0400. The molecule has 1 aliphatic rings. The van der Waals surface area contributed by atoms with Crippen LogP contribution in [0.25, 0.3) is 10.8 Å². The number of nitro benzene ring substituents is 1. The minimum absolute atomic E-state index is 0.0652. The van der Waals surface area contributed by atoms with Gasteiger partial charge in [-0.25, -0.2) is 4.90 Å². The number of benzene rings is 4. The summed E-state index contributed by atoms with van der Waals surface area (Å²) < 4.78 is 5.15. The number of hydrogen-bond donors (Lipinski definition) is 2. The highest BCUT2D eigenvalue weighted by atomic mass is 35.5. The summed E-state index contributed by atoms with van der Waals surface area (Å²) in [4.78, 5) is 39.2. The van der Waals surface area contributed by atoms with Gasteiger partial charge in [0.05, 0.1) is 28.3 Å². The molecule has 5 rings (SSSR count). The molecule has 1 heterocycles. The fourth-order valence-electron chi connectivity index (χ4n) is 4.21. The highest BCUT2D eigenvalue weighted by molar-refractivity contribution is 6.38.